The number of hydrogen-bond acceptors (Lipinski definition) is 5. The van der Waals surface area contributed by atoms with Gasteiger partial charge in [0.2, 0.25) is 5.91 Å². The fraction of sp³-hybridized carbons (Fsp3) is 0.533. The second-order valence-corrected chi connectivity index (χ2v) is 6.19. The molecule has 1 aliphatic heterocycles. The van der Waals surface area contributed by atoms with E-state index in [4.69, 9.17) is 4.74 Å². The topological polar surface area (TPSA) is 75.7 Å². The molecule has 22 heavy (non-hydrogen) atoms. The first-order chi connectivity index (χ1) is 10.5. The maximum atomic E-state index is 12.5. The lowest BCUT2D eigenvalue weighted by molar-refractivity contribution is -0.155. The Kier molecular flexibility index (Phi) is 5.54. The minimum absolute atomic E-state index is 0.250. The molecule has 1 aliphatic rings. The molecule has 6 nitrogen and oxygen atoms in total. The third-order valence-corrected chi connectivity index (χ3v) is 4.59. The minimum atomic E-state index is -0.681. The third kappa shape index (κ3) is 3.65. The Morgan fingerprint density at radius 2 is 2.18 bits per heavy atom. The summed E-state index contributed by atoms with van der Waals surface area (Å²) in [5.41, 5.74) is 0. The molecule has 2 amide bonds. The number of ether oxygens (including phenoxy) is 1. The normalized spacial score (nSPS) is 19.4. The summed E-state index contributed by atoms with van der Waals surface area (Å²) in [6, 6.07) is 2.26. The highest BCUT2D eigenvalue weighted by molar-refractivity contribution is 7.12. The highest BCUT2D eigenvalue weighted by Gasteiger charge is 2.35. The van der Waals surface area contributed by atoms with E-state index in [0.29, 0.717) is 17.8 Å². The zero-order chi connectivity index (χ0) is 16.1. The molecule has 2 unspecified atom stereocenters. The predicted octanol–water partition coefficient (Wildman–Crippen LogP) is 1.42. The number of amides is 2. The first kappa shape index (κ1) is 16.5. The number of esters is 1. The van der Waals surface area contributed by atoms with Crippen LogP contribution in [0.15, 0.2) is 17.5 Å². The van der Waals surface area contributed by atoms with E-state index in [2.05, 4.69) is 5.32 Å². The van der Waals surface area contributed by atoms with Gasteiger partial charge in [-0.15, -0.1) is 11.3 Å². The molecule has 7 heteroatoms. The van der Waals surface area contributed by atoms with Gasteiger partial charge in [-0.1, -0.05) is 6.07 Å². The molecule has 0 aromatic carbocycles. The maximum Gasteiger partial charge on any atom is 0.328 e. The lowest BCUT2D eigenvalue weighted by atomic mass is 10.0. The fourth-order valence-corrected chi connectivity index (χ4v) is 3.19. The van der Waals surface area contributed by atoms with Crippen molar-refractivity contribution in [3.8, 4) is 0 Å². The van der Waals surface area contributed by atoms with Gasteiger partial charge in [0.05, 0.1) is 12.0 Å². The van der Waals surface area contributed by atoms with Crippen LogP contribution in [-0.2, 0) is 14.3 Å². The van der Waals surface area contributed by atoms with Crippen molar-refractivity contribution < 1.29 is 19.1 Å². The van der Waals surface area contributed by atoms with E-state index in [0.717, 1.165) is 12.8 Å². The lowest BCUT2D eigenvalue weighted by Gasteiger charge is -2.35. The van der Waals surface area contributed by atoms with Gasteiger partial charge in [-0.25, -0.2) is 4.79 Å². The molecule has 0 spiro atoms. The summed E-state index contributed by atoms with van der Waals surface area (Å²) in [4.78, 5) is 38.4. The smallest absolute Gasteiger partial charge is 0.328 e. The number of methoxy groups -OCH3 is 1. The molecule has 0 saturated carbocycles. The molecular weight excluding hydrogens is 304 g/mol. The Bertz CT molecular complexity index is 544. The van der Waals surface area contributed by atoms with Gasteiger partial charge in [-0.05, 0) is 37.6 Å². The molecule has 1 aromatic heterocycles. The van der Waals surface area contributed by atoms with Crippen molar-refractivity contribution >= 4 is 29.1 Å². The van der Waals surface area contributed by atoms with Crippen LogP contribution in [0.4, 0.5) is 0 Å². The number of carbonyl (C=O) groups is 3. The van der Waals surface area contributed by atoms with E-state index < -0.39 is 18.1 Å². The van der Waals surface area contributed by atoms with E-state index in [1.54, 1.807) is 24.4 Å². The summed E-state index contributed by atoms with van der Waals surface area (Å²) in [6.07, 6.45) is 2.34. The van der Waals surface area contributed by atoms with Crippen molar-refractivity contribution in [3.63, 3.8) is 0 Å². The number of nitrogens with one attached hydrogen (secondary N) is 1. The SMILES string of the molecule is COC(=O)C1CCCCN1C(=O)C(C)NC(=O)c1cccs1. The largest absolute Gasteiger partial charge is 0.467 e. The average molecular weight is 324 g/mol. The highest BCUT2D eigenvalue weighted by Crippen LogP contribution is 2.19. The van der Waals surface area contributed by atoms with Crippen LogP contribution in [0.25, 0.3) is 0 Å². The monoisotopic (exact) mass is 324 g/mol. The number of likely N-dealkylation sites (tertiary alicyclic amines) is 1. The van der Waals surface area contributed by atoms with Crippen molar-refractivity contribution in [1.29, 1.82) is 0 Å². The quantitative estimate of drug-likeness (QED) is 0.850. The first-order valence-electron chi connectivity index (χ1n) is 7.27. The summed E-state index contributed by atoms with van der Waals surface area (Å²) in [7, 11) is 1.32. The van der Waals surface area contributed by atoms with Crippen molar-refractivity contribution in [2.75, 3.05) is 13.7 Å². The summed E-state index contributed by atoms with van der Waals surface area (Å²) in [5, 5.41) is 4.49. The maximum absolute atomic E-state index is 12.5. The number of rotatable bonds is 4. The number of piperidine rings is 1. The molecule has 1 aromatic rings. The van der Waals surface area contributed by atoms with Crippen LogP contribution in [-0.4, -0.2) is 48.4 Å². The van der Waals surface area contributed by atoms with E-state index >= 15 is 0 Å². The van der Waals surface area contributed by atoms with Crippen LogP contribution in [0.2, 0.25) is 0 Å². The van der Waals surface area contributed by atoms with Crippen molar-refractivity contribution in [2.24, 2.45) is 0 Å². The summed E-state index contributed by atoms with van der Waals surface area (Å²) >= 11 is 1.32. The van der Waals surface area contributed by atoms with Gasteiger partial charge in [0.15, 0.2) is 0 Å². The number of carbonyl (C=O) groups excluding carboxylic acids is 3. The molecule has 0 radical (unpaired) electrons. The molecule has 1 N–H and O–H groups in total. The second-order valence-electron chi connectivity index (χ2n) is 5.24. The molecule has 2 heterocycles. The molecule has 2 rings (SSSR count). The Balaban J connectivity index is 2.02. The fourth-order valence-electron chi connectivity index (χ4n) is 2.56. The number of nitrogens with zero attached hydrogens (tertiary/aromatic N) is 1. The van der Waals surface area contributed by atoms with Crippen LogP contribution in [0.1, 0.15) is 35.9 Å². The van der Waals surface area contributed by atoms with Gasteiger partial charge in [-0.2, -0.15) is 0 Å². The molecule has 1 fully saturated rings. The van der Waals surface area contributed by atoms with Crippen LogP contribution < -0.4 is 5.32 Å². The molecular formula is C15H20N2O4S. The van der Waals surface area contributed by atoms with Gasteiger partial charge in [0.25, 0.3) is 5.91 Å². The van der Waals surface area contributed by atoms with E-state index in [1.807, 2.05) is 0 Å². The van der Waals surface area contributed by atoms with Gasteiger partial charge in [0, 0.05) is 6.54 Å². The van der Waals surface area contributed by atoms with Crippen molar-refractivity contribution in [1.82, 2.24) is 10.2 Å². The Morgan fingerprint density at radius 3 is 2.82 bits per heavy atom. The predicted molar refractivity (Wildman–Crippen MR) is 82.6 cm³/mol. The molecule has 120 valence electrons. The van der Waals surface area contributed by atoms with E-state index in [1.165, 1.54) is 23.3 Å². The van der Waals surface area contributed by atoms with E-state index in [9.17, 15) is 14.4 Å². The molecule has 0 aliphatic carbocycles. The summed E-state index contributed by atoms with van der Waals surface area (Å²) in [6.45, 7) is 2.15. The Labute approximate surface area is 133 Å². The highest BCUT2D eigenvalue weighted by atomic mass is 32.1. The number of thiophene rings is 1. The summed E-state index contributed by atoms with van der Waals surface area (Å²) < 4.78 is 4.77. The molecule has 0 bridgehead atoms. The van der Waals surface area contributed by atoms with Gasteiger partial charge < -0.3 is 15.0 Å². The van der Waals surface area contributed by atoms with Gasteiger partial charge in [0.1, 0.15) is 12.1 Å². The summed E-state index contributed by atoms with van der Waals surface area (Å²) in [5.74, 6) is -0.924. The zero-order valence-electron chi connectivity index (χ0n) is 12.7. The van der Waals surface area contributed by atoms with E-state index in [-0.39, 0.29) is 11.8 Å². The molecule has 2 atom stereocenters. The standard InChI is InChI=1S/C15H20N2O4S/c1-10(16-13(18)12-7-5-9-22-12)14(19)17-8-4-3-6-11(17)15(20)21-2/h5,7,9-11H,3-4,6,8H2,1-2H3,(H,16,18). The minimum Gasteiger partial charge on any atom is -0.467 e. The van der Waals surface area contributed by atoms with Crippen LogP contribution in [0.3, 0.4) is 0 Å². The van der Waals surface area contributed by atoms with Gasteiger partial charge >= 0.3 is 5.97 Å². The third-order valence-electron chi connectivity index (χ3n) is 3.72. The Morgan fingerprint density at radius 1 is 1.41 bits per heavy atom. The van der Waals surface area contributed by atoms with Crippen molar-refractivity contribution in [3.05, 3.63) is 22.4 Å². The van der Waals surface area contributed by atoms with Crippen LogP contribution in [0.5, 0.6) is 0 Å². The van der Waals surface area contributed by atoms with Gasteiger partial charge in [-0.3, -0.25) is 9.59 Å². The zero-order valence-corrected chi connectivity index (χ0v) is 13.5. The van der Waals surface area contributed by atoms with Crippen LogP contribution in [0, 0.1) is 0 Å². The second kappa shape index (κ2) is 7.40. The lowest BCUT2D eigenvalue weighted by Crippen LogP contribution is -2.54. The van der Waals surface area contributed by atoms with Crippen LogP contribution >= 0.6 is 11.3 Å². The average Bonchev–Trinajstić information content (AvgIpc) is 3.07. The number of hydrogen-bond donors (Lipinski definition) is 1. The first-order valence-corrected chi connectivity index (χ1v) is 8.15. The Hall–Kier alpha value is -1.89. The molecule has 1 saturated heterocycles. The van der Waals surface area contributed by atoms with Crippen molar-refractivity contribution in [2.45, 2.75) is 38.3 Å².